The maximum Gasteiger partial charge on any atom is 0.201 e. The third-order valence-corrected chi connectivity index (χ3v) is 4.10. The molecular formula is C17H16Cl3N3O. The second-order valence-corrected chi connectivity index (χ2v) is 5.89. The third kappa shape index (κ3) is 3.78. The summed E-state index contributed by atoms with van der Waals surface area (Å²) in [6.07, 6.45) is 1.87. The Labute approximate surface area is 156 Å². The van der Waals surface area contributed by atoms with E-state index >= 15 is 0 Å². The van der Waals surface area contributed by atoms with E-state index in [-0.39, 0.29) is 12.4 Å². The Morgan fingerprint density at radius 1 is 1.17 bits per heavy atom. The van der Waals surface area contributed by atoms with E-state index in [1.54, 1.807) is 19.2 Å². The van der Waals surface area contributed by atoms with Crippen LogP contribution in [0.3, 0.4) is 0 Å². The summed E-state index contributed by atoms with van der Waals surface area (Å²) in [5.74, 6) is 1.23. The molecule has 0 atom stereocenters. The molecule has 7 heteroatoms. The highest BCUT2D eigenvalue weighted by Crippen LogP contribution is 2.30. The average molecular weight is 385 g/mol. The molecule has 0 saturated carbocycles. The van der Waals surface area contributed by atoms with Crippen LogP contribution in [-0.4, -0.2) is 16.7 Å². The number of methoxy groups -OCH3 is 1. The van der Waals surface area contributed by atoms with Gasteiger partial charge in [0.25, 0.3) is 0 Å². The van der Waals surface area contributed by atoms with E-state index in [1.165, 1.54) is 0 Å². The highest BCUT2D eigenvalue weighted by Gasteiger charge is 2.12. The minimum Gasteiger partial charge on any atom is -0.496 e. The zero-order valence-electron chi connectivity index (χ0n) is 12.9. The molecular weight excluding hydrogens is 369 g/mol. The Morgan fingerprint density at radius 3 is 2.62 bits per heavy atom. The Bertz CT molecular complexity index is 849. The number of anilines is 1. The van der Waals surface area contributed by atoms with E-state index in [9.17, 15) is 0 Å². The van der Waals surface area contributed by atoms with Crippen LogP contribution in [0.5, 0.6) is 5.75 Å². The molecule has 0 aliphatic heterocycles. The van der Waals surface area contributed by atoms with E-state index in [4.69, 9.17) is 33.7 Å². The number of halogens is 3. The molecule has 0 unspecified atom stereocenters. The van der Waals surface area contributed by atoms with Crippen molar-refractivity contribution in [3.05, 3.63) is 64.3 Å². The van der Waals surface area contributed by atoms with Gasteiger partial charge in [-0.25, -0.2) is 4.98 Å². The van der Waals surface area contributed by atoms with Crippen molar-refractivity contribution in [2.75, 3.05) is 12.8 Å². The van der Waals surface area contributed by atoms with Gasteiger partial charge >= 0.3 is 0 Å². The lowest BCUT2D eigenvalue weighted by Crippen LogP contribution is -2.04. The van der Waals surface area contributed by atoms with Crippen molar-refractivity contribution in [1.29, 1.82) is 0 Å². The van der Waals surface area contributed by atoms with Gasteiger partial charge in [0.1, 0.15) is 5.75 Å². The molecule has 0 saturated heterocycles. The number of ether oxygens (including phenoxy) is 1. The van der Waals surface area contributed by atoms with Crippen LogP contribution in [0.1, 0.15) is 5.56 Å². The van der Waals surface area contributed by atoms with E-state index in [0.717, 1.165) is 16.9 Å². The standard InChI is InChI=1S/C17H15Cl2N3O.ClH/c1-23-16-5-3-2-4-11(16)9-22-10-15(21-17(22)20)13-7-6-12(18)8-14(13)19;/h2-8,10H,9H2,1H3,(H2,20,21);1H. The largest absolute Gasteiger partial charge is 0.496 e. The number of hydrogen-bond donors (Lipinski definition) is 1. The van der Waals surface area contributed by atoms with Crippen LogP contribution in [0.4, 0.5) is 5.95 Å². The number of aromatic nitrogens is 2. The minimum atomic E-state index is 0. The molecule has 0 fully saturated rings. The monoisotopic (exact) mass is 383 g/mol. The Morgan fingerprint density at radius 2 is 1.92 bits per heavy atom. The van der Waals surface area contributed by atoms with Gasteiger partial charge in [0.15, 0.2) is 0 Å². The number of rotatable bonds is 4. The highest BCUT2D eigenvalue weighted by molar-refractivity contribution is 6.36. The predicted octanol–water partition coefficient (Wildman–Crippen LogP) is 4.92. The second-order valence-electron chi connectivity index (χ2n) is 5.05. The predicted molar refractivity (Wildman–Crippen MR) is 101 cm³/mol. The molecule has 0 spiro atoms. The number of hydrogen-bond acceptors (Lipinski definition) is 3. The molecule has 0 bridgehead atoms. The van der Waals surface area contributed by atoms with Crippen molar-refractivity contribution in [1.82, 2.24) is 9.55 Å². The fourth-order valence-electron chi connectivity index (χ4n) is 2.40. The number of imidazole rings is 1. The quantitative estimate of drug-likeness (QED) is 0.695. The third-order valence-electron chi connectivity index (χ3n) is 3.55. The van der Waals surface area contributed by atoms with E-state index in [1.807, 2.05) is 41.1 Å². The lowest BCUT2D eigenvalue weighted by atomic mass is 10.1. The molecule has 24 heavy (non-hydrogen) atoms. The average Bonchev–Trinajstić information content (AvgIpc) is 2.88. The summed E-state index contributed by atoms with van der Waals surface area (Å²) < 4.78 is 7.23. The summed E-state index contributed by atoms with van der Waals surface area (Å²) in [7, 11) is 1.65. The molecule has 126 valence electrons. The number of benzene rings is 2. The van der Waals surface area contributed by atoms with Crippen molar-refractivity contribution < 1.29 is 4.74 Å². The first kappa shape index (κ1) is 18.5. The van der Waals surface area contributed by atoms with E-state index in [0.29, 0.717) is 28.2 Å². The van der Waals surface area contributed by atoms with E-state index in [2.05, 4.69) is 4.98 Å². The van der Waals surface area contributed by atoms with Crippen molar-refractivity contribution >= 4 is 41.6 Å². The van der Waals surface area contributed by atoms with E-state index < -0.39 is 0 Å². The van der Waals surface area contributed by atoms with Crippen LogP contribution >= 0.6 is 35.6 Å². The fraction of sp³-hybridized carbons (Fsp3) is 0.118. The van der Waals surface area contributed by atoms with Gasteiger partial charge < -0.3 is 15.0 Å². The van der Waals surface area contributed by atoms with Crippen molar-refractivity contribution in [2.45, 2.75) is 6.54 Å². The molecule has 1 aromatic heterocycles. The van der Waals surface area contributed by atoms with Crippen LogP contribution in [-0.2, 0) is 6.54 Å². The van der Waals surface area contributed by atoms with Crippen LogP contribution in [0.2, 0.25) is 10.0 Å². The topological polar surface area (TPSA) is 53.1 Å². The summed E-state index contributed by atoms with van der Waals surface area (Å²) >= 11 is 12.2. The molecule has 0 amide bonds. The molecule has 3 aromatic rings. The first-order valence-electron chi connectivity index (χ1n) is 6.98. The van der Waals surface area contributed by atoms with Gasteiger partial charge in [-0.05, 0) is 24.3 Å². The van der Waals surface area contributed by atoms with Crippen molar-refractivity contribution in [3.63, 3.8) is 0 Å². The number of para-hydroxylation sites is 1. The Kier molecular flexibility index (Phi) is 5.99. The van der Waals surface area contributed by atoms with Crippen molar-refractivity contribution in [3.8, 4) is 17.0 Å². The summed E-state index contributed by atoms with van der Waals surface area (Å²) in [6.45, 7) is 0.564. The zero-order chi connectivity index (χ0) is 16.4. The number of nitrogens with two attached hydrogens (primary N) is 1. The van der Waals surface area contributed by atoms with Crippen LogP contribution < -0.4 is 10.5 Å². The SMILES string of the molecule is COc1ccccc1Cn1cc(-c2ccc(Cl)cc2Cl)nc1N.Cl. The van der Waals surface area contributed by atoms with Crippen LogP contribution in [0.25, 0.3) is 11.3 Å². The molecule has 2 N–H and O–H groups in total. The maximum atomic E-state index is 6.24. The lowest BCUT2D eigenvalue weighted by Gasteiger charge is -2.09. The van der Waals surface area contributed by atoms with Gasteiger partial charge in [-0.3, -0.25) is 0 Å². The zero-order valence-corrected chi connectivity index (χ0v) is 15.2. The van der Waals surface area contributed by atoms with Crippen LogP contribution in [0.15, 0.2) is 48.7 Å². The molecule has 0 radical (unpaired) electrons. The van der Waals surface area contributed by atoms with Gasteiger partial charge in [0.2, 0.25) is 5.95 Å². The summed E-state index contributed by atoms with van der Waals surface area (Å²) in [5, 5.41) is 1.12. The van der Waals surface area contributed by atoms with Crippen molar-refractivity contribution in [2.24, 2.45) is 0 Å². The molecule has 4 nitrogen and oxygen atoms in total. The number of nitrogen functional groups attached to an aromatic ring is 1. The smallest absolute Gasteiger partial charge is 0.201 e. The van der Waals surface area contributed by atoms with Gasteiger partial charge in [-0.1, -0.05) is 41.4 Å². The van der Waals surface area contributed by atoms with Gasteiger partial charge in [0.05, 0.1) is 24.4 Å². The van der Waals surface area contributed by atoms with Crippen LogP contribution in [0, 0.1) is 0 Å². The second kappa shape index (κ2) is 7.79. The number of nitrogens with zero attached hydrogens (tertiary/aromatic N) is 2. The minimum absolute atomic E-state index is 0. The molecule has 2 aromatic carbocycles. The molecule has 0 aliphatic carbocycles. The fourth-order valence-corrected chi connectivity index (χ4v) is 2.91. The summed E-state index contributed by atoms with van der Waals surface area (Å²) in [5.41, 5.74) is 8.56. The van der Waals surface area contributed by atoms with Gasteiger partial charge in [-0.2, -0.15) is 0 Å². The summed E-state index contributed by atoms with van der Waals surface area (Å²) in [6, 6.07) is 13.1. The Balaban J connectivity index is 0.00000208. The molecule has 0 aliphatic rings. The highest BCUT2D eigenvalue weighted by atomic mass is 35.5. The van der Waals surface area contributed by atoms with Gasteiger partial charge in [-0.15, -0.1) is 12.4 Å². The first-order valence-corrected chi connectivity index (χ1v) is 7.74. The molecule has 1 heterocycles. The Hall–Kier alpha value is -1.88. The normalized spacial score (nSPS) is 10.3. The molecule has 3 rings (SSSR count). The lowest BCUT2D eigenvalue weighted by molar-refractivity contribution is 0.408. The summed E-state index contributed by atoms with van der Waals surface area (Å²) in [4.78, 5) is 4.40. The van der Waals surface area contributed by atoms with Gasteiger partial charge in [0, 0.05) is 22.3 Å². The maximum absolute atomic E-state index is 6.24. The first-order chi connectivity index (χ1) is 11.1.